The van der Waals surface area contributed by atoms with Crippen LogP contribution in [0, 0.1) is 5.92 Å². The van der Waals surface area contributed by atoms with Crippen molar-refractivity contribution in [1.29, 1.82) is 0 Å². The van der Waals surface area contributed by atoms with E-state index in [1.165, 1.54) is 12.1 Å². The summed E-state index contributed by atoms with van der Waals surface area (Å²) >= 11 is 0. The Kier molecular flexibility index (Phi) is 4.65. The van der Waals surface area contributed by atoms with Gasteiger partial charge >= 0.3 is 5.97 Å². The predicted molar refractivity (Wildman–Crippen MR) is 121 cm³/mol. The average Bonchev–Trinajstić information content (AvgIpc) is 3.17. The molecule has 1 aliphatic rings. The lowest BCUT2D eigenvalue weighted by molar-refractivity contribution is -0.140. The van der Waals surface area contributed by atoms with Crippen molar-refractivity contribution in [2.45, 2.75) is 23.3 Å². The number of sulfonamides is 1. The number of carboxylic acid groups (broad SMARTS) is 1. The minimum absolute atomic E-state index is 0.0141. The highest BCUT2D eigenvalue weighted by molar-refractivity contribution is 7.89. The first-order valence-corrected chi connectivity index (χ1v) is 11.7. The maximum absolute atomic E-state index is 13.2. The van der Waals surface area contributed by atoms with Crippen LogP contribution in [0.5, 0.6) is 0 Å². The second-order valence-electron chi connectivity index (χ2n) is 8.09. The number of nitrogens with zero attached hydrogens (tertiary/aromatic N) is 1. The molecule has 1 heterocycles. The standard InChI is InChI=1S/C24H21N3O4S/c1-15-21(16-8-4-2-5-9-16)24(15,23(28)29)27-32(30,31)18-12-13-19-20(14-18)26-22(25-19)17-10-6-3-7-11-17/h2-15,21,27H,1H3,(H,25,26)(H,28,29)/t15-,21-,24+/m1/s1. The summed E-state index contributed by atoms with van der Waals surface area (Å²) in [5, 5.41) is 9.97. The monoisotopic (exact) mass is 447 g/mol. The van der Waals surface area contributed by atoms with Crippen molar-refractivity contribution in [3.05, 3.63) is 84.4 Å². The van der Waals surface area contributed by atoms with Crippen LogP contribution >= 0.6 is 0 Å². The molecule has 32 heavy (non-hydrogen) atoms. The lowest BCUT2D eigenvalue weighted by Crippen LogP contribution is -2.45. The number of aromatic nitrogens is 2. The fourth-order valence-corrected chi connectivity index (χ4v) is 5.95. The van der Waals surface area contributed by atoms with Gasteiger partial charge in [0, 0.05) is 11.5 Å². The van der Waals surface area contributed by atoms with Crippen molar-refractivity contribution < 1.29 is 18.3 Å². The first-order valence-electron chi connectivity index (χ1n) is 10.2. The molecule has 1 saturated carbocycles. The lowest BCUT2D eigenvalue weighted by Gasteiger charge is -2.16. The fourth-order valence-electron chi connectivity index (χ4n) is 4.47. The van der Waals surface area contributed by atoms with Crippen molar-refractivity contribution in [2.24, 2.45) is 5.92 Å². The van der Waals surface area contributed by atoms with E-state index in [2.05, 4.69) is 14.7 Å². The zero-order chi connectivity index (χ0) is 22.5. The second-order valence-corrected chi connectivity index (χ2v) is 9.77. The van der Waals surface area contributed by atoms with Gasteiger partial charge in [0.25, 0.3) is 0 Å². The van der Waals surface area contributed by atoms with Crippen LogP contribution in [-0.4, -0.2) is 35.0 Å². The molecule has 7 nitrogen and oxygen atoms in total. The topological polar surface area (TPSA) is 112 Å². The molecule has 0 unspecified atom stereocenters. The minimum Gasteiger partial charge on any atom is -0.480 e. The zero-order valence-corrected chi connectivity index (χ0v) is 18.0. The van der Waals surface area contributed by atoms with Gasteiger partial charge in [-0.1, -0.05) is 67.6 Å². The molecule has 0 aliphatic heterocycles. The highest BCUT2D eigenvalue weighted by Crippen LogP contribution is 2.58. The van der Waals surface area contributed by atoms with Crippen molar-refractivity contribution in [3.63, 3.8) is 0 Å². The molecule has 8 heteroatoms. The van der Waals surface area contributed by atoms with E-state index in [-0.39, 0.29) is 4.90 Å². The second kappa shape index (κ2) is 7.29. The molecule has 3 atom stereocenters. The predicted octanol–water partition coefficient (Wildman–Crippen LogP) is 3.77. The van der Waals surface area contributed by atoms with Crippen LogP contribution in [0.15, 0.2) is 83.8 Å². The van der Waals surface area contributed by atoms with Crippen molar-refractivity contribution in [2.75, 3.05) is 0 Å². The summed E-state index contributed by atoms with van der Waals surface area (Å²) in [6.45, 7) is 1.75. The number of aliphatic carboxylic acids is 1. The molecule has 5 rings (SSSR count). The molecule has 3 aromatic carbocycles. The van der Waals surface area contributed by atoms with Crippen molar-refractivity contribution in [1.82, 2.24) is 14.7 Å². The summed E-state index contributed by atoms with van der Waals surface area (Å²) in [5.74, 6) is -1.39. The molecule has 162 valence electrons. The summed E-state index contributed by atoms with van der Waals surface area (Å²) in [7, 11) is -4.10. The van der Waals surface area contributed by atoms with E-state index < -0.39 is 33.4 Å². The van der Waals surface area contributed by atoms with Gasteiger partial charge in [-0.25, -0.2) is 13.4 Å². The van der Waals surface area contributed by atoms with Crippen LogP contribution in [0.1, 0.15) is 18.4 Å². The fraction of sp³-hybridized carbons (Fsp3) is 0.167. The van der Waals surface area contributed by atoms with Gasteiger partial charge in [-0.3, -0.25) is 4.79 Å². The number of carbonyl (C=O) groups is 1. The molecule has 0 saturated heterocycles. The number of fused-ring (bicyclic) bond motifs is 1. The van der Waals surface area contributed by atoms with E-state index in [9.17, 15) is 18.3 Å². The first kappa shape index (κ1) is 20.4. The SMILES string of the molecule is C[C@@H]1[C@H](c2ccccc2)[C@]1(NS(=O)(=O)c1ccc2nc(-c3ccccc3)[nH]c2c1)C(=O)O. The van der Waals surface area contributed by atoms with Crippen LogP contribution in [-0.2, 0) is 14.8 Å². The Bertz CT molecular complexity index is 1420. The average molecular weight is 448 g/mol. The van der Waals surface area contributed by atoms with Gasteiger partial charge in [-0.2, -0.15) is 4.72 Å². The molecule has 0 radical (unpaired) electrons. The molecular formula is C24H21N3O4S. The third-order valence-electron chi connectivity index (χ3n) is 6.23. The summed E-state index contributed by atoms with van der Waals surface area (Å²) in [6, 6.07) is 23.2. The normalized spacial score (nSPS) is 22.7. The maximum Gasteiger partial charge on any atom is 0.325 e. The maximum atomic E-state index is 13.2. The molecule has 1 fully saturated rings. The van der Waals surface area contributed by atoms with E-state index in [0.29, 0.717) is 16.9 Å². The number of rotatable bonds is 6. The quantitative estimate of drug-likeness (QED) is 0.417. The van der Waals surface area contributed by atoms with Crippen LogP contribution in [0.25, 0.3) is 22.4 Å². The number of imidazole rings is 1. The Morgan fingerprint density at radius 2 is 1.69 bits per heavy atom. The van der Waals surface area contributed by atoms with Crippen molar-refractivity contribution >= 4 is 27.0 Å². The van der Waals surface area contributed by atoms with E-state index in [1.54, 1.807) is 13.0 Å². The van der Waals surface area contributed by atoms with Gasteiger partial charge in [0.05, 0.1) is 15.9 Å². The molecular weight excluding hydrogens is 426 g/mol. The largest absolute Gasteiger partial charge is 0.480 e. The van der Waals surface area contributed by atoms with Crippen LogP contribution in [0.2, 0.25) is 0 Å². The van der Waals surface area contributed by atoms with Gasteiger partial charge < -0.3 is 10.1 Å². The van der Waals surface area contributed by atoms with Gasteiger partial charge in [-0.05, 0) is 29.7 Å². The Hall–Kier alpha value is -3.49. The first-order chi connectivity index (χ1) is 15.3. The highest BCUT2D eigenvalue weighted by atomic mass is 32.2. The third kappa shape index (κ3) is 3.19. The number of hydrogen-bond donors (Lipinski definition) is 3. The van der Waals surface area contributed by atoms with E-state index in [1.807, 2.05) is 60.7 Å². The van der Waals surface area contributed by atoms with Crippen LogP contribution < -0.4 is 4.72 Å². The van der Waals surface area contributed by atoms with Gasteiger partial charge in [0.2, 0.25) is 10.0 Å². The number of hydrogen-bond acceptors (Lipinski definition) is 4. The Morgan fingerprint density at radius 3 is 2.34 bits per heavy atom. The molecule has 1 aliphatic carbocycles. The molecule has 3 N–H and O–H groups in total. The Morgan fingerprint density at radius 1 is 1.03 bits per heavy atom. The van der Waals surface area contributed by atoms with Gasteiger partial charge in [0.1, 0.15) is 11.4 Å². The third-order valence-corrected chi connectivity index (χ3v) is 7.71. The smallest absolute Gasteiger partial charge is 0.325 e. The summed E-state index contributed by atoms with van der Waals surface area (Å²) < 4.78 is 29.0. The molecule has 0 bridgehead atoms. The number of nitrogens with one attached hydrogen (secondary N) is 2. The lowest BCUT2D eigenvalue weighted by atomic mass is 10.1. The summed E-state index contributed by atoms with van der Waals surface area (Å²) in [6.07, 6.45) is 0. The highest BCUT2D eigenvalue weighted by Gasteiger charge is 2.70. The number of carboxylic acids is 1. The van der Waals surface area contributed by atoms with E-state index in [4.69, 9.17) is 0 Å². The number of benzene rings is 3. The molecule has 0 amide bonds. The van der Waals surface area contributed by atoms with Crippen LogP contribution in [0.4, 0.5) is 0 Å². The van der Waals surface area contributed by atoms with Gasteiger partial charge in [0.15, 0.2) is 0 Å². The summed E-state index contributed by atoms with van der Waals surface area (Å²) in [5.41, 5.74) is 1.27. The molecule has 0 spiro atoms. The molecule has 1 aromatic heterocycles. The van der Waals surface area contributed by atoms with E-state index >= 15 is 0 Å². The molecule has 4 aromatic rings. The number of aromatic amines is 1. The van der Waals surface area contributed by atoms with Gasteiger partial charge in [-0.15, -0.1) is 0 Å². The van der Waals surface area contributed by atoms with E-state index in [0.717, 1.165) is 11.1 Å². The minimum atomic E-state index is -4.10. The Balaban J connectivity index is 1.49. The zero-order valence-electron chi connectivity index (χ0n) is 17.2. The Labute approximate surface area is 185 Å². The summed E-state index contributed by atoms with van der Waals surface area (Å²) in [4.78, 5) is 19.9. The van der Waals surface area contributed by atoms with Crippen molar-refractivity contribution in [3.8, 4) is 11.4 Å². The van der Waals surface area contributed by atoms with Crippen LogP contribution in [0.3, 0.4) is 0 Å². The number of H-pyrrole nitrogens is 1.